The highest BCUT2D eigenvalue weighted by Crippen LogP contribution is 2.46. The second-order valence-corrected chi connectivity index (χ2v) is 10.2. The number of likely N-dealkylation sites (N-methyl/N-ethyl adjacent to an activating group) is 1. The first-order chi connectivity index (χ1) is 17.9. The number of thiophene rings is 1. The third-order valence-corrected chi connectivity index (χ3v) is 7.89. The molecule has 1 N–H and O–H groups in total. The molecule has 0 aliphatic carbocycles. The van der Waals surface area contributed by atoms with Gasteiger partial charge in [0.25, 0.3) is 5.91 Å². The van der Waals surface area contributed by atoms with Gasteiger partial charge < -0.3 is 24.6 Å². The summed E-state index contributed by atoms with van der Waals surface area (Å²) >= 11 is 1.55. The van der Waals surface area contributed by atoms with Crippen LogP contribution in [-0.4, -0.2) is 57.6 Å². The van der Waals surface area contributed by atoms with E-state index in [9.17, 15) is 9.59 Å². The fraction of sp³-hybridized carbons (Fsp3) is 0.379. The first-order valence-electron chi connectivity index (χ1n) is 12.5. The fourth-order valence-corrected chi connectivity index (χ4v) is 5.94. The maximum atomic E-state index is 13.8. The van der Waals surface area contributed by atoms with Gasteiger partial charge in [0.1, 0.15) is 0 Å². The lowest BCUT2D eigenvalue weighted by atomic mass is 9.81. The Morgan fingerprint density at radius 3 is 2.51 bits per heavy atom. The molecule has 8 heteroatoms. The van der Waals surface area contributed by atoms with Crippen LogP contribution < -0.4 is 19.7 Å². The summed E-state index contributed by atoms with van der Waals surface area (Å²) in [4.78, 5) is 32.1. The molecule has 7 nitrogen and oxygen atoms in total. The van der Waals surface area contributed by atoms with E-state index in [1.807, 2.05) is 17.5 Å². The summed E-state index contributed by atoms with van der Waals surface area (Å²) in [6.45, 7) is 6.49. The number of rotatable bonds is 10. The van der Waals surface area contributed by atoms with Gasteiger partial charge in [0.15, 0.2) is 11.5 Å². The summed E-state index contributed by atoms with van der Waals surface area (Å²) in [6.07, 6.45) is 0.803. The molecule has 1 aliphatic rings. The lowest BCUT2D eigenvalue weighted by Gasteiger charge is -2.39. The van der Waals surface area contributed by atoms with E-state index in [1.165, 1.54) is 18.4 Å². The molecule has 0 saturated carbocycles. The maximum Gasteiger partial charge on any atom is 0.254 e. The lowest BCUT2D eigenvalue weighted by Crippen LogP contribution is -2.45. The van der Waals surface area contributed by atoms with Crippen molar-refractivity contribution in [1.82, 2.24) is 10.2 Å². The minimum absolute atomic E-state index is 0.107. The minimum Gasteiger partial charge on any atom is -0.493 e. The molecule has 2 amide bonds. The predicted molar refractivity (Wildman–Crippen MR) is 148 cm³/mol. The molecule has 0 spiro atoms. The molecular weight excluding hydrogens is 486 g/mol. The Hall–Kier alpha value is -3.52. The highest BCUT2D eigenvalue weighted by Gasteiger charge is 2.44. The Morgan fingerprint density at radius 1 is 1.11 bits per heavy atom. The number of benzene rings is 2. The van der Waals surface area contributed by atoms with Crippen molar-refractivity contribution in [2.75, 3.05) is 45.8 Å². The Bertz CT molecular complexity index is 1240. The van der Waals surface area contributed by atoms with Crippen molar-refractivity contribution in [3.05, 3.63) is 75.5 Å². The number of ether oxygens (including phenoxy) is 2. The van der Waals surface area contributed by atoms with E-state index in [0.29, 0.717) is 29.2 Å². The van der Waals surface area contributed by atoms with Crippen LogP contribution >= 0.6 is 11.3 Å². The van der Waals surface area contributed by atoms with E-state index in [0.717, 1.165) is 24.4 Å². The zero-order valence-electron chi connectivity index (χ0n) is 22.1. The normalized spacial score (nSPS) is 16.8. The number of anilines is 1. The summed E-state index contributed by atoms with van der Waals surface area (Å²) in [5.74, 6) is 0.140. The van der Waals surface area contributed by atoms with Gasteiger partial charge in [0, 0.05) is 42.8 Å². The van der Waals surface area contributed by atoms with Crippen LogP contribution in [0.15, 0.2) is 53.9 Å². The predicted octanol–water partition coefficient (Wildman–Crippen LogP) is 5.02. The van der Waals surface area contributed by atoms with Gasteiger partial charge in [0.05, 0.1) is 26.2 Å². The standard InChI is InChI=1S/C29H35N3O4S/c1-6-32(20-11-7-10-19(2)16-20)14-9-13-30-28(33)26-21-17-23(35-4)24(36-5)18-22(21)29(34)31(3)27(26)25-12-8-15-37-25/h7-8,10-12,15-18,26-27H,6,9,13-14H2,1-5H3,(H,30,33)/t26-,27-/m0/s1. The summed E-state index contributed by atoms with van der Waals surface area (Å²) in [6, 6.07) is 15.4. The van der Waals surface area contributed by atoms with Crippen LogP contribution in [0.4, 0.5) is 5.69 Å². The number of aryl methyl sites for hydroxylation is 1. The van der Waals surface area contributed by atoms with Crippen molar-refractivity contribution in [2.24, 2.45) is 0 Å². The number of carbonyl (C=O) groups is 2. The van der Waals surface area contributed by atoms with E-state index >= 15 is 0 Å². The van der Waals surface area contributed by atoms with Crippen LogP contribution in [0.2, 0.25) is 0 Å². The van der Waals surface area contributed by atoms with E-state index < -0.39 is 12.0 Å². The quantitative estimate of drug-likeness (QED) is 0.380. The zero-order chi connectivity index (χ0) is 26.5. The lowest BCUT2D eigenvalue weighted by molar-refractivity contribution is -0.124. The van der Waals surface area contributed by atoms with Crippen LogP contribution in [0.5, 0.6) is 11.5 Å². The van der Waals surface area contributed by atoms with Crippen molar-refractivity contribution in [2.45, 2.75) is 32.2 Å². The molecular formula is C29H35N3O4S. The van der Waals surface area contributed by atoms with Gasteiger partial charge in [-0.25, -0.2) is 0 Å². The average Bonchev–Trinajstić information content (AvgIpc) is 3.44. The van der Waals surface area contributed by atoms with E-state index in [-0.39, 0.29) is 11.8 Å². The molecule has 37 heavy (non-hydrogen) atoms. The number of nitrogens with zero attached hydrogens (tertiary/aromatic N) is 2. The van der Waals surface area contributed by atoms with Crippen molar-refractivity contribution < 1.29 is 19.1 Å². The van der Waals surface area contributed by atoms with Gasteiger partial charge in [-0.05, 0) is 67.1 Å². The molecule has 196 valence electrons. The summed E-state index contributed by atoms with van der Waals surface area (Å²) < 4.78 is 11.0. The molecule has 2 heterocycles. The Morgan fingerprint density at radius 2 is 1.86 bits per heavy atom. The van der Waals surface area contributed by atoms with Crippen molar-refractivity contribution >= 4 is 28.8 Å². The molecule has 0 radical (unpaired) electrons. The van der Waals surface area contributed by atoms with Crippen molar-refractivity contribution in [1.29, 1.82) is 0 Å². The summed E-state index contributed by atoms with van der Waals surface area (Å²) in [5, 5.41) is 5.13. The number of fused-ring (bicyclic) bond motifs is 1. The number of amides is 2. The van der Waals surface area contributed by atoms with Crippen molar-refractivity contribution in [3.8, 4) is 11.5 Å². The van der Waals surface area contributed by atoms with Crippen molar-refractivity contribution in [3.63, 3.8) is 0 Å². The highest BCUT2D eigenvalue weighted by molar-refractivity contribution is 7.10. The SMILES string of the molecule is CCN(CCCNC(=O)[C@H]1c2cc(OC)c(OC)cc2C(=O)N(C)[C@H]1c1cccs1)c1cccc(C)c1. The summed E-state index contributed by atoms with van der Waals surface area (Å²) in [5.41, 5.74) is 3.54. The molecule has 1 aliphatic heterocycles. The largest absolute Gasteiger partial charge is 0.493 e. The van der Waals surface area contributed by atoms with Gasteiger partial charge in [-0.2, -0.15) is 0 Å². The third kappa shape index (κ3) is 5.44. The molecule has 0 saturated heterocycles. The first kappa shape index (κ1) is 26.5. The number of carbonyl (C=O) groups excluding carboxylic acids is 2. The topological polar surface area (TPSA) is 71.1 Å². The molecule has 4 rings (SSSR count). The number of hydrogen-bond acceptors (Lipinski definition) is 6. The molecule has 0 bridgehead atoms. The molecule has 0 unspecified atom stereocenters. The Balaban J connectivity index is 1.57. The van der Waals surface area contributed by atoms with Crippen LogP contribution in [0.1, 0.15) is 51.7 Å². The molecule has 2 aromatic carbocycles. The second-order valence-electron chi connectivity index (χ2n) is 9.21. The molecule has 0 fully saturated rings. The smallest absolute Gasteiger partial charge is 0.254 e. The monoisotopic (exact) mass is 521 g/mol. The van der Waals surface area contributed by atoms with E-state index in [4.69, 9.17) is 9.47 Å². The first-order valence-corrected chi connectivity index (χ1v) is 13.4. The fourth-order valence-electron chi connectivity index (χ4n) is 5.03. The Kier molecular flexibility index (Phi) is 8.38. The summed E-state index contributed by atoms with van der Waals surface area (Å²) in [7, 11) is 4.85. The zero-order valence-corrected chi connectivity index (χ0v) is 22.9. The van der Waals surface area contributed by atoms with E-state index in [2.05, 4.69) is 48.3 Å². The van der Waals surface area contributed by atoms with Gasteiger partial charge >= 0.3 is 0 Å². The van der Waals surface area contributed by atoms with Gasteiger partial charge in [-0.1, -0.05) is 18.2 Å². The second kappa shape index (κ2) is 11.7. The van der Waals surface area contributed by atoms with Crippen LogP contribution in [0.25, 0.3) is 0 Å². The van der Waals surface area contributed by atoms with Gasteiger partial charge in [-0.15, -0.1) is 11.3 Å². The van der Waals surface area contributed by atoms with Gasteiger partial charge in [-0.3, -0.25) is 9.59 Å². The molecule has 3 aromatic rings. The van der Waals surface area contributed by atoms with Crippen LogP contribution in [0, 0.1) is 6.92 Å². The Labute approximate surface area is 223 Å². The van der Waals surface area contributed by atoms with Crippen LogP contribution in [-0.2, 0) is 4.79 Å². The maximum absolute atomic E-state index is 13.8. The van der Waals surface area contributed by atoms with E-state index in [1.54, 1.807) is 42.5 Å². The third-order valence-electron chi connectivity index (χ3n) is 6.94. The van der Waals surface area contributed by atoms with Gasteiger partial charge in [0.2, 0.25) is 5.91 Å². The molecule has 1 aromatic heterocycles. The van der Waals surface area contributed by atoms with Crippen LogP contribution in [0.3, 0.4) is 0 Å². The minimum atomic E-state index is -0.574. The highest BCUT2D eigenvalue weighted by atomic mass is 32.1. The molecule has 2 atom stereocenters. The number of methoxy groups -OCH3 is 2. The average molecular weight is 522 g/mol. The number of hydrogen-bond donors (Lipinski definition) is 1. The number of nitrogens with one attached hydrogen (secondary N) is 1.